The van der Waals surface area contributed by atoms with Gasteiger partial charge in [-0.25, -0.2) is 0 Å². The number of hydrogen-bond acceptors (Lipinski definition) is 4. The van der Waals surface area contributed by atoms with Crippen molar-refractivity contribution in [2.75, 3.05) is 5.32 Å². The number of fused-ring (bicyclic) bond motifs is 1. The quantitative estimate of drug-likeness (QED) is 0.177. The summed E-state index contributed by atoms with van der Waals surface area (Å²) in [5.74, 6) is 0. The Hall–Kier alpha value is -4.22. The van der Waals surface area contributed by atoms with E-state index in [2.05, 4.69) is 146 Å². The van der Waals surface area contributed by atoms with Gasteiger partial charge in [-0.2, -0.15) is 0 Å². The van der Waals surface area contributed by atoms with Crippen LogP contribution in [0.25, 0.3) is 49.0 Å². The Bertz CT molecular complexity index is 2270. The molecule has 47 heavy (non-hydrogen) atoms. The van der Waals surface area contributed by atoms with E-state index in [0.29, 0.717) is 10.5 Å². The van der Waals surface area contributed by atoms with Crippen LogP contribution < -0.4 is 11.1 Å². The van der Waals surface area contributed by atoms with Gasteiger partial charge < -0.3 is 11.1 Å². The van der Waals surface area contributed by atoms with Crippen LogP contribution in [0.5, 0.6) is 0 Å². The van der Waals surface area contributed by atoms with Gasteiger partial charge in [0, 0.05) is 27.1 Å². The molecule has 0 spiro atoms. The van der Waals surface area contributed by atoms with Crippen LogP contribution in [0.1, 0.15) is 36.3 Å². The molecule has 4 heteroatoms. The Labute approximate surface area is 284 Å². The third-order valence-electron chi connectivity index (χ3n) is 10.0. The first-order valence-corrected chi connectivity index (χ1v) is 18.4. The van der Waals surface area contributed by atoms with Gasteiger partial charge in [0.05, 0.1) is 0 Å². The standard InChI is InChI=1S/C43H36N2S2/c1-26(46-39-14-4-2-12-37(39)44)29-8-6-9-30(24-29)33-20-16-27-19-23-36-34(21-17-28-18-22-35(33)41(27)42(28)36)31-10-7-11-32(25-31)43-45-38-13-3-5-15-40(38)47-43/h2-5,7,9-26,37,39,43,45H,6,8,44H2,1H3. The summed E-state index contributed by atoms with van der Waals surface area (Å²) in [6, 6.07) is 36.4. The minimum Gasteiger partial charge on any atom is -0.368 e. The third kappa shape index (κ3) is 5.11. The van der Waals surface area contributed by atoms with Gasteiger partial charge in [0.2, 0.25) is 0 Å². The normalized spacial score (nSPS) is 21.2. The van der Waals surface area contributed by atoms with Crippen molar-refractivity contribution in [3.8, 4) is 11.1 Å². The van der Waals surface area contributed by atoms with Gasteiger partial charge in [0.25, 0.3) is 0 Å². The highest BCUT2D eigenvalue weighted by Crippen LogP contribution is 2.48. The molecule has 9 rings (SSSR count). The number of anilines is 1. The molecule has 4 unspecified atom stereocenters. The molecule has 230 valence electrons. The molecule has 4 atom stereocenters. The summed E-state index contributed by atoms with van der Waals surface area (Å²) >= 11 is 3.88. The van der Waals surface area contributed by atoms with E-state index in [1.54, 1.807) is 0 Å². The summed E-state index contributed by atoms with van der Waals surface area (Å²) in [6.07, 6.45) is 15.6. The molecule has 0 bridgehead atoms. The molecule has 0 aromatic heterocycles. The molecule has 0 saturated heterocycles. The smallest absolute Gasteiger partial charge is 0.103 e. The highest BCUT2D eigenvalue weighted by molar-refractivity contribution is 8.01. The molecule has 0 radical (unpaired) electrons. The highest BCUT2D eigenvalue weighted by Gasteiger charge is 2.24. The Kier molecular flexibility index (Phi) is 7.26. The van der Waals surface area contributed by atoms with Crippen molar-refractivity contribution in [3.63, 3.8) is 0 Å². The lowest BCUT2D eigenvalue weighted by Crippen LogP contribution is -2.31. The zero-order valence-corrected chi connectivity index (χ0v) is 28.0. The molecule has 6 aromatic rings. The van der Waals surface area contributed by atoms with Crippen LogP contribution in [-0.4, -0.2) is 16.5 Å². The van der Waals surface area contributed by atoms with Crippen LogP contribution in [0.3, 0.4) is 0 Å². The molecule has 3 aliphatic rings. The number of para-hydroxylation sites is 1. The molecule has 0 amide bonds. The van der Waals surface area contributed by atoms with E-state index in [9.17, 15) is 0 Å². The van der Waals surface area contributed by atoms with Crippen LogP contribution in [0, 0.1) is 0 Å². The lowest BCUT2D eigenvalue weighted by atomic mass is 9.85. The van der Waals surface area contributed by atoms with Crippen molar-refractivity contribution >= 4 is 67.1 Å². The number of nitrogens with one attached hydrogen (secondary N) is 1. The van der Waals surface area contributed by atoms with E-state index in [1.165, 1.54) is 76.3 Å². The number of hydrogen-bond donors (Lipinski definition) is 2. The summed E-state index contributed by atoms with van der Waals surface area (Å²) in [5.41, 5.74) is 15.7. The molecule has 2 aliphatic carbocycles. The van der Waals surface area contributed by atoms with Gasteiger partial charge in [-0.05, 0) is 98.1 Å². The van der Waals surface area contributed by atoms with E-state index in [1.807, 2.05) is 23.5 Å². The molecular weight excluding hydrogens is 609 g/mol. The SMILES string of the molecule is CC(SC1C=CC=CC1N)C1=CC(c2ccc3ccc4c(-c5cccc(C6Nc7ccccc7S6)c5)ccc5ccc2c3c54)=CCC1. The van der Waals surface area contributed by atoms with Crippen molar-refractivity contribution in [3.05, 3.63) is 150 Å². The van der Waals surface area contributed by atoms with Gasteiger partial charge in [0.1, 0.15) is 5.37 Å². The number of nitrogens with two attached hydrogens (primary N) is 1. The first kappa shape index (κ1) is 29.0. The average Bonchev–Trinajstić information content (AvgIpc) is 3.56. The maximum atomic E-state index is 6.42. The zero-order chi connectivity index (χ0) is 31.5. The molecule has 0 fully saturated rings. The van der Waals surface area contributed by atoms with Crippen LogP contribution >= 0.6 is 23.5 Å². The van der Waals surface area contributed by atoms with Crippen LogP contribution in [0.2, 0.25) is 0 Å². The first-order chi connectivity index (χ1) is 23.1. The van der Waals surface area contributed by atoms with E-state index >= 15 is 0 Å². The van der Waals surface area contributed by atoms with E-state index in [0.717, 1.165) is 12.8 Å². The fraction of sp³-hybridized carbons (Fsp3) is 0.163. The van der Waals surface area contributed by atoms with Crippen LogP contribution in [0.4, 0.5) is 5.69 Å². The van der Waals surface area contributed by atoms with Crippen LogP contribution in [0.15, 0.2) is 144 Å². The Morgan fingerprint density at radius 3 is 2.36 bits per heavy atom. The number of benzene rings is 6. The second-order valence-electron chi connectivity index (χ2n) is 12.9. The third-order valence-corrected chi connectivity index (χ3v) is 12.8. The minimum absolute atomic E-state index is 0.0759. The van der Waals surface area contributed by atoms with E-state index in [4.69, 9.17) is 5.73 Å². The lowest BCUT2D eigenvalue weighted by molar-refractivity contribution is 0.831. The molecular formula is C43H36N2S2. The molecule has 2 nitrogen and oxygen atoms in total. The number of thioether (sulfide) groups is 2. The van der Waals surface area contributed by atoms with Crippen molar-refractivity contribution in [1.29, 1.82) is 0 Å². The molecule has 0 saturated carbocycles. The van der Waals surface area contributed by atoms with Gasteiger partial charge in [-0.15, -0.1) is 11.8 Å². The zero-order valence-electron chi connectivity index (χ0n) is 26.3. The van der Waals surface area contributed by atoms with E-state index < -0.39 is 0 Å². The topological polar surface area (TPSA) is 38.0 Å². The number of allylic oxidation sites excluding steroid dienone is 5. The fourth-order valence-electron chi connectivity index (χ4n) is 7.61. The van der Waals surface area contributed by atoms with Crippen molar-refractivity contribution in [2.24, 2.45) is 5.73 Å². The second-order valence-corrected chi connectivity index (χ2v) is 15.6. The number of rotatable bonds is 6. The first-order valence-electron chi connectivity index (χ1n) is 16.6. The van der Waals surface area contributed by atoms with Gasteiger partial charge >= 0.3 is 0 Å². The molecule has 3 N–H and O–H groups in total. The summed E-state index contributed by atoms with van der Waals surface area (Å²) in [4.78, 5) is 1.31. The Morgan fingerprint density at radius 1 is 0.809 bits per heavy atom. The largest absolute Gasteiger partial charge is 0.368 e. The van der Waals surface area contributed by atoms with Crippen molar-refractivity contribution in [2.45, 2.75) is 46.6 Å². The van der Waals surface area contributed by atoms with Crippen molar-refractivity contribution in [1.82, 2.24) is 0 Å². The molecule has 6 aromatic carbocycles. The highest BCUT2D eigenvalue weighted by atomic mass is 32.2. The predicted molar refractivity (Wildman–Crippen MR) is 207 cm³/mol. The van der Waals surface area contributed by atoms with Crippen LogP contribution in [-0.2, 0) is 0 Å². The maximum Gasteiger partial charge on any atom is 0.103 e. The predicted octanol–water partition coefficient (Wildman–Crippen LogP) is 11.5. The maximum absolute atomic E-state index is 6.42. The summed E-state index contributed by atoms with van der Waals surface area (Å²) < 4.78 is 0. The fourth-order valence-corrected chi connectivity index (χ4v) is 10.0. The Balaban J connectivity index is 1.10. The monoisotopic (exact) mass is 644 g/mol. The Morgan fingerprint density at radius 2 is 1.55 bits per heavy atom. The molecule has 1 heterocycles. The summed E-state index contributed by atoms with van der Waals surface area (Å²) in [6.45, 7) is 2.35. The van der Waals surface area contributed by atoms with Gasteiger partial charge in [-0.3, -0.25) is 0 Å². The second kappa shape index (κ2) is 11.8. The molecule has 1 aliphatic heterocycles. The van der Waals surface area contributed by atoms with Crippen molar-refractivity contribution < 1.29 is 0 Å². The average molecular weight is 645 g/mol. The van der Waals surface area contributed by atoms with Gasteiger partial charge in [-0.1, -0.05) is 133 Å². The summed E-state index contributed by atoms with van der Waals surface area (Å²) in [5, 5.41) is 12.6. The lowest BCUT2D eigenvalue weighted by Gasteiger charge is -2.26. The summed E-state index contributed by atoms with van der Waals surface area (Å²) in [7, 11) is 0. The van der Waals surface area contributed by atoms with E-state index in [-0.39, 0.29) is 11.4 Å². The minimum atomic E-state index is 0.0759. The van der Waals surface area contributed by atoms with Gasteiger partial charge in [0.15, 0.2) is 0 Å².